The number of nitrogens with one attached hydrogen (secondary N) is 1. The molecule has 0 aliphatic rings. The molecule has 1 aromatic heterocycles. The van der Waals surface area contributed by atoms with Gasteiger partial charge in [-0.15, -0.1) is 0 Å². The number of fused-ring (bicyclic) bond motifs is 1. The van der Waals surface area contributed by atoms with Crippen molar-refractivity contribution in [2.24, 2.45) is 0 Å². The number of alkyl halides is 3. The maximum Gasteiger partial charge on any atom is 0.417 e. The molecule has 11 heteroatoms. The van der Waals surface area contributed by atoms with E-state index in [2.05, 4.69) is 15.3 Å². The molecule has 0 saturated carbocycles. The minimum atomic E-state index is -4.63. The van der Waals surface area contributed by atoms with Crippen molar-refractivity contribution in [3.8, 4) is 5.75 Å². The molecule has 1 N–H and O–H groups in total. The predicted molar refractivity (Wildman–Crippen MR) is 122 cm³/mol. The number of allylic oxidation sites excluding steroid dienone is 1. The summed E-state index contributed by atoms with van der Waals surface area (Å²) in [6, 6.07) is 6.48. The Kier molecular flexibility index (Phi) is 7.73. The van der Waals surface area contributed by atoms with Gasteiger partial charge < -0.3 is 15.0 Å². The Hall–Kier alpha value is -3.24. The molecule has 0 atom stereocenters. The van der Waals surface area contributed by atoms with Crippen molar-refractivity contribution in [2.75, 3.05) is 33.1 Å². The Morgan fingerprint density at radius 1 is 1.21 bits per heavy atom. The fraction of sp³-hybridized carbons (Fsp3) is 0.261. The van der Waals surface area contributed by atoms with E-state index in [1.54, 1.807) is 31.1 Å². The van der Waals surface area contributed by atoms with Crippen molar-refractivity contribution in [3.05, 3.63) is 64.7 Å². The lowest BCUT2D eigenvalue weighted by molar-refractivity contribution is -0.137. The van der Waals surface area contributed by atoms with Gasteiger partial charge in [0, 0.05) is 35.7 Å². The van der Waals surface area contributed by atoms with E-state index < -0.39 is 28.4 Å². The number of ketones is 1. The first kappa shape index (κ1) is 25.4. The van der Waals surface area contributed by atoms with Crippen molar-refractivity contribution in [1.82, 2.24) is 14.9 Å². The third kappa shape index (κ3) is 6.00. The molecule has 0 radical (unpaired) electrons. The maximum absolute atomic E-state index is 14.2. The summed E-state index contributed by atoms with van der Waals surface area (Å²) in [6.07, 6.45) is -2.50. The van der Waals surface area contributed by atoms with E-state index in [-0.39, 0.29) is 24.5 Å². The molecule has 0 aliphatic carbocycles. The van der Waals surface area contributed by atoms with E-state index in [1.165, 1.54) is 25.6 Å². The number of nitrogens with zero attached hydrogens (tertiary/aromatic N) is 3. The molecule has 2 aromatic carbocycles. The molecule has 3 aromatic rings. The number of methoxy groups -OCH3 is 1. The number of aromatic nitrogens is 2. The Balaban J connectivity index is 1.99. The number of carbonyl (C=O) groups excluding carboxylic acids is 1. The van der Waals surface area contributed by atoms with Gasteiger partial charge in [0.15, 0.2) is 11.6 Å². The maximum atomic E-state index is 14.2. The van der Waals surface area contributed by atoms with Crippen LogP contribution < -0.4 is 10.1 Å². The smallest absolute Gasteiger partial charge is 0.417 e. The average molecular weight is 497 g/mol. The van der Waals surface area contributed by atoms with Crippen molar-refractivity contribution < 1.29 is 27.1 Å². The van der Waals surface area contributed by atoms with Gasteiger partial charge in [-0.3, -0.25) is 4.79 Å². The number of rotatable bonds is 8. The highest BCUT2D eigenvalue weighted by Gasteiger charge is 2.33. The quantitative estimate of drug-likeness (QED) is 0.324. The first-order valence-corrected chi connectivity index (χ1v) is 10.4. The molecule has 0 aliphatic heterocycles. The fourth-order valence-corrected chi connectivity index (χ4v) is 3.37. The first-order valence-electron chi connectivity index (χ1n) is 9.98. The number of Topliss-reactive ketones (excluding diaryl/α,β-unsaturated/α-hetero) is 1. The summed E-state index contributed by atoms with van der Waals surface area (Å²) >= 11 is 5.69. The van der Waals surface area contributed by atoms with Gasteiger partial charge in [0.1, 0.15) is 17.9 Å². The zero-order chi connectivity index (χ0) is 25.0. The second-order valence-corrected chi connectivity index (χ2v) is 8.04. The normalized spacial score (nSPS) is 12.3. The lowest BCUT2D eigenvalue weighted by atomic mass is 10.0. The molecule has 1 heterocycles. The zero-order valence-electron chi connectivity index (χ0n) is 18.5. The van der Waals surface area contributed by atoms with Gasteiger partial charge in [-0.05, 0) is 44.4 Å². The molecule has 0 amide bonds. The van der Waals surface area contributed by atoms with Crippen LogP contribution in [0.25, 0.3) is 10.9 Å². The summed E-state index contributed by atoms with van der Waals surface area (Å²) in [5.41, 5.74) is -0.106. The number of anilines is 2. The van der Waals surface area contributed by atoms with E-state index in [1.807, 2.05) is 0 Å². The highest BCUT2D eigenvalue weighted by atomic mass is 35.5. The van der Waals surface area contributed by atoms with Gasteiger partial charge in [-0.1, -0.05) is 11.6 Å². The van der Waals surface area contributed by atoms with Crippen LogP contribution in [0.15, 0.2) is 48.6 Å². The summed E-state index contributed by atoms with van der Waals surface area (Å²) in [4.78, 5) is 22.4. The first-order chi connectivity index (χ1) is 16.0. The van der Waals surface area contributed by atoms with Gasteiger partial charge >= 0.3 is 6.18 Å². The van der Waals surface area contributed by atoms with E-state index >= 15 is 0 Å². The predicted octanol–water partition coefficient (Wildman–Crippen LogP) is 5.58. The summed E-state index contributed by atoms with van der Waals surface area (Å²) in [7, 11) is 4.89. The molecule has 0 bridgehead atoms. The standard InChI is InChI=1S/C23H21ClF4N4O2/c1-32(2)7-6-18(25)20(33)9-13-8-15-19(11-21(13)34-3)29-12-30-22(15)31-14-4-5-17(24)16(10-14)23(26,27)28/h4-6,8,10-12H,7,9H2,1-3H3,(H,29,30,31). The Morgan fingerprint density at radius 2 is 1.94 bits per heavy atom. The minimum Gasteiger partial charge on any atom is -0.496 e. The third-order valence-corrected chi connectivity index (χ3v) is 5.15. The second-order valence-electron chi connectivity index (χ2n) is 7.64. The second kappa shape index (κ2) is 10.4. The molecule has 0 unspecified atom stereocenters. The van der Waals surface area contributed by atoms with Crippen molar-refractivity contribution in [1.29, 1.82) is 0 Å². The topological polar surface area (TPSA) is 67.4 Å². The largest absolute Gasteiger partial charge is 0.496 e. The van der Waals surface area contributed by atoms with Gasteiger partial charge in [-0.2, -0.15) is 13.2 Å². The van der Waals surface area contributed by atoms with Crippen LogP contribution in [-0.4, -0.2) is 48.4 Å². The highest BCUT2D eigenvalue weighted by Crippen LogP contribution is 2.37. The van der Waals surface area contributed by atoms with E-state index in [4.69, 9.17) is 16.3 Å². The van der Waals surface area contributed by atoms with Crippen LogP contribution >= 0.6 is 11.6 Å². The van der Waals surface area contributed by atoms with Crippen LogP contribution in [-0.2, 0) is 17.4 Å². The SMILES string of the molecule is COc1cc2ncnc(Nc3ccc(Cl)c(C(F)(F)F)c3)c2cc1CC(=O)C(F)=CCN(C)C. The average Bonchev–Trinajstić information content (AvgIpc) is 2.77. The van der Waals surface area contributed by atoms with Gasteiger partial charge in [-0.25, -0.2) is 14.4 Å². The van der Waals surface area contributed by atoms with Crippen molar-refractivity contribution in [3.63, 3.8) is 0 Å². The summed E-state index contributed by atoms with van der Waals surface area (Å²) < 4.78 is 59.2. The van der Waals surface area contributed by atoms with E-state index in [9.17, 15) is 22.4 Å². The summed E-state index contributed by atoms with van der Waals surface area (Å²) in [6.45, 7) is 0.259. The Bertz CT molecular complexity index is 1250. The van der Waals surface area contributed by atoms with Crippen LogP contribution in [0.5, 0.6) is 5.75 Å². The lowest BCUT2D eigenvalue weighted by Gasteiger charge is -2.14. The number of hydrogen-bond acceptors (Lipinski definition) is 6. The van der Waals surface area contributed by atoms with Crippen LogP contribution in [0.2, 0.25) is 5.02 Å². The molecule has 0 spiro atoms. The summed E-state index contributed by atoms with van der Waals surface area (Å²) in [5.74, 6) is -1.10. The van der Waals surface area contributed by atoms with Crippen molar-refractivity contribution >= 4 is 39.8 Å². The van der Waals surface area contributed by atoms with Crippen LogP contribution in [0.1, 0.15) is 11.1 Å². The van der Waals surface area contributed by atoms with Gasteiger partial charge in [0.25, 0.3) is 0 Å². The molecular formula is C23H21ClF4N4O2. The van der Waals surface area contributed by atoms with E-state index in [0.717, 1.165) is 12.1 Å². The van der Waals surface area contributed by atoms with Gasteiger partial charge in [0.05, 0.1) is 23.2 Å². The van der Waals surface area contributed by atoms with E-state index in [0.29, 0.717) is 22.2 Å². The number of benzene rings is 2. The Labute approximate surface area is 198 Å². The number of likely N-dealkylation sites (N-methyl/N-ethyl adjacent to an activating group) is 1. The summed E-state index contributed by atoms with van der Waals surface area (Å²) in [5, 5.41) is 2.81. The molecular weight excluding hydrogens is 476 g/mol. The molecule has 180 valence electrons. The number of carbonyl (C=O) groups is 1. The van der Waals surface area contributed by atoms with Crippen LogP contribution in [0.4, 0.5) is 29.1 Å². The number of ether oxygens (including phenoxy) is 1. The molecule has 0 fully saturated rings. The molecule has 34 heavy (non-hydrogen) atoms. The van der Waals surface area contributed by atoms with Crippen LogP contribution in [0, 0.1) is 0 Å². The number of halogens is 5. The molecule has 0 saturated heterocycles. The van der Waals surface area contributed by atoms with Gasteiger partial charge in [0.2, 0.25) is 0 Å². The zero-order valence-corrected chi connectivity index (χ0v) is 19.3. The fourth-order valence-electron chi connectivity index (χ4n) is 3.15. The molecule has 6 nitrogen and oxygen atoms in total. The van der Waals surface area contributed by atoms with Crippen LogP contribution in [0.3, 0.4) is 0 Å². The minimum absolute atomic E-state index is 0.0998. The Morgan fingerprint density at radius 3 is 2.59 bits per heavy atom. The lowest BCUT2D eigenvalue weighted by Crippen LogP contribution is -2.13. The third-order valence-electron chi connectivity index (χ3n) is 4.83. The molecule has 3 rings (SSSR count). The van der Waals surface area contributed by atoms with Crippen molar-refractivity contribution in [2.45, 2.75) is 12.6 Å². The number of hydrogen-bond donors (Lipinski definition) is 1. The highest BCUT2D eigenvalue weighted by molar-refractivity contribution is 6.31. The monoisotopic (exact) mass is 496 g/mol.